The molecule has 0 heterocycles. The third kappa shape index (κ3) is 2.27. The van der Waals surface area contributed by atoms with Crippen molar-refractivity contribution in [3.05, 3.63) is 76.1 Å². The van der Waals surface area contributed by atoms with Gasteiger partial charge in [0.25, 0.3) is 0 Å². The lowest BCUT2D eigenvalue weighted by molar-refractivity contribution is 0.627. The van der Waals surface area contributed by atoms with Crippen LogP contribution >= 0.6 is 11.6 Å². The van der Waals surface area contributed by atoms with E-state index < -0.39 is 0 Å². The van der Waals surface area contributed by atoms with Crippen molar-refractivity contribution in [3.8, 4) is 12.3 Å². The summed E-state index contributed by atoms with van der Waals surface area (Å²) in [4.78, 5) is 0. The van der Waals surface area contributed by atoms with Gasteiger partial charge in [0.1, 0.15) is 5.82 Å². The molecule has 0 amide bonds. The monoisotopic (exact) mass is 280 g/mol. The molecule has 0 aliphatic heterocycles. The van der Waals surface area contributed by atoms with Crippen molar-refractivity contribution in [2.24, 2.45) is 0 Å². The van der Waals surface area contributed by atoms with Crippen LogP contribution in [-0.2, 0) is 0 Å². The van der Waals surface area contributed by atoms with E-state index in [0.29, 0.717) is 10.6 Å². The SMILES string of the molecule is C#CC1=CC(=Cc2ccc(Cl)cc2)c2ccc(F)cc21. The van der Waals surface area contributed by atoms with Crippen molar-refractivity contribution in [2.45, 2.75) is 0 Å². The summed E-state index contributed by atoms with van der Waals surface area (Å²) in [6, 6.07) is 12.2. The zero-order chi connectivity index (χ0) is 14.1. The lowest BCUT2D eigenvalue weighted by Gasteiger charge is -2.02. The zero-order valence-corrected chi connectivity index (χ0v) is 11.3. The predicted molar refractivity (Wildman–Crippen MR) is 82.5 cm³/mol. The molecule has 2 heteroatoms. The maximum absolute atomic E-state index is 13.3. The number of fused-ring (bicyclic) bond motifs is 1. The summed E-state index contributed by atoms with van der Waals surface area (Å²) in [5.41, 5.74) is 4.44. The van der Waals surface area contributed by atoms with E-state index in [4.69, 9.17) is 18.0 Å². The fraction of sp³-hybridized carbons (Fsp3) is 0. The summed E-state index contributed by atoms with van der Waals surface area (Å²) in [6.45, 7) is 0. The van der Waals surface area contributed by atoms with Gasteiger partial charge in [0.2, 0.25) is 0 Å². The Morgan fingerprint density at radius 3 is 2.50 bits per heavy atom. The highest BCUT2D eigenvalue weighted by molar-refractivity contribution is 6.30. The number of allylic oxidation sites excluding steroid dienone is 3. The van der Waals surface area contributed by atoms with E-state index in [0.717, 1.165) is 22.3 Å². The largest absolute Gasteiger partial charge is 0.207 e. The molecule has 2 aromatic carbocycles. The van der Waals surface area contributed by atoms with Gasteiger partial charge in [-0.05, 0) is 53.1 Å². The Morgan fingerprint density at radius 1 is 1.05 bits per heavy atom. The van der Waals surface area contributed by atoms with E-state index in [2.05, 4.69) is 5.92 Å². The molecule has 0 bridgehead atoms. The van der Waals surface area contributed by atoms with Crippen LogP contribution in [0, 0.1) is 18.2 Å². The van der Waals surface area contributed by atoms with Crippen LogP contribution < -0.4 is 0 Å². The van der Waals surface area contributed by atoms with E-state index in [1.165, 1.54) is 12.1 Å². The van der Waals surface area contributed by atoms with Crippen LogP contribution in [0.4, 0.5) is 4.39 Å². The van der Waals surface area contributed by atoms with E-state index in [1.54, 1.807) is 6.07 Å². The van der Waals surface area contributed by atoms with Gasteiger partial charge in [-0.2, -0.15) is 0 Å². The lowest BCUT2D eigenvalue weighted by Crippen LogP contribution is -1.85. The Kier molecular flexibility index (Phi) is 3.18. The first-order valence-electron chi connectivity index (χ1n) is 6.13. The van der Waals surface area contributed by atoms with E-state index in [1.807, 2.05) is 36.4 Å². The Balaban J connectivity index is 2.11. The molecule has 20 heavy (non-hydrogen) atoms. The second-order valence-electron chi connectivity index (χ2n) is 4.54. The summed E-state index contributed by atoms with van der Waals surface area (Å²) in [6.07, 6.45) is 9.40. The fourth-order valence-electron chi connectivity index (χ4n) is 2.28. The molecule has 0 unspecified atom stereocenters. The van der Waals surface area contributed by atoms with Crippen LogP contribution in [-0.4, -0.2) is 0 Å². The van der Waals surface area contributed by atoms with Crippen molar-refractivity contribution < 1.29 is 4.39 Å². The Bertz CT molecular complexity index is 774. The molecule has 1 aliphatic rings. The first-order valence-corrected chi connectivity index (χ1v) is 6.51. The molecular weight excluding hydrogens is 271 g/mol. The lowest BCUT2D eigenvalue weighted by atomic mass is 10.0. The predicted octanol–water partition coefficient (Wildman–Crippen LogP) is 5.05. The normalized spacial score (nSPS) is 14.8. The van der Waals surface area contributed by atoms with Crippen LogP contribution in [0.2, 0.25) is 5.02 Å². The highest BCUT2D eigenvalue weighted by Gasteiger charge is 2.17. The third-order valence-electron chi connectivity index (χ3n) is 3.23. The molecule has 0 atom stereocenters. The number of halogens is 2. The first kappa shape index (κ1) is 12.7. The van der Waals surface area contributed by atoms with Crippen molar-refractivity contribution in [1.82, 2.24) is 0 Å². The molecule has 0 N–H and O–H groups in total. The van der Waals surface area contributed by atoms with Crippen LogP contribution in [0.25, 0.3) is 17.2 Å². The highest BCUT2D eigenvalue weighted by atomic mass is 35.5. The van der Waals surface area contributed by atoms with Crippen molar-refractivity contribution in [1.29, 1.82) is 0 Å². The first-order chi connectivity index (χ1) is 9.67. The quantitative estimate of drug-likeness (QED) is 0.641. The second kappa shape index (κ2) is 5.00. The topological polar surface area (TPSA) is 0 Å². The molecule has 1 aliphatic carbocycles. The maximum atomic E-state index is 13.3. The molecule has 0 radical (unpaired) electrons. The van der Waals surface area contributed by atoms with Crippen molar-refractivity contribution >= 4 is 28.8 Å². The minimum absolute atomic E-state index is 0.280. The van der Waals surface area contributed by atoms with Crippen molar-refractivity contribution in [2.75, 3.05) is 0 Å². The average molecular weight is 281 g/mol. The zero-order valence-electron chi connectivity index (χ0n) is 10.5. The maximum Gasteiger partial charge on any atom is 0.123 e. The van der Waals surface area contributed by atoms with Crippen LogP contribution in [0.1, 0.15) is 16.7 Å². The van der Waals surface area contributed by atoms with Gasteiger partial charge in [0.05, 0.1) is 0 Å². The van der Waals surface area contributed by atoms with Gasteiger partial charge < -0.3 is 0 Å². The minimum Gasteiger partial charge on any atom is -0.207 e. The summed E-state index contributed by atoms with van der Waals surface area (Å²) < 4.78 is 13.3. The summed E-state index contributed by atoms with van der Waals surface area (Å²) in [7, 11) is 0. The van der Waals surface area contributed by atoms with Gasteiger partial charge in [-0.15, -0.1) is 6.42 Å². The standard InChI is InChI=1S/C18H10ClF/c1-2-13-10-14(9-12-3-5-15(19)6-4-12)17-8-7-16(20)11-18(13)17/h1,3-11H. The molecule has 3 rings (SSSR count). The van der Waals surface area contributed by atoms with Gasteiger partial charge in [0.15, 0.2) is 0 Å². The van der Waals surface area contributed by atoms with Gasteiger partial charge in [0, 0.05) is 16.2 Å². The van der Waals surface area contributed by atoms with Crippen molar-refractivity contribution in [3.63, 3.8) is 0 Å². The van der Waals surface area contributed by atoms with Gasteiger partial charge in [-0.25, -0.2) is 4.39 Å². The molecule has 96 valence electrons. The molecule has 0 spiro atoms. The summed E-state index contributed by atoms with van der Waals surface area (Å²) in [5, 5.41) is 0.695. The number of benzene rings is 2. The molecule has 0 saturated heterocycles. The molecule has 0 fully saturated rings. The van der Waals surface area contributed by atoms with Gasteiger partial charge in [-0.1, -0.05) is 35.7 Å². The molecule has 0 aromatic heterocycles. The minimum atomic E-state index is -0.280. The number of rotatable bonds is 1. The highest BCUT2D eigenvalue weighted by Crippen LogP contribution is 2.36. The molecule has 0 nitrogen and oxygen atoms in total. The van der Waals surface area contributed by atoms with Gasteiger partial charge in [-0.3, -0.25) is 0 Å². The van der Waals surface area contributed by atoms with E-state index >= 15 is 0 Å². The summed E-state index contributed by atoms with van der Waals surface area (Å²) >= 11 is 5.87. The second-order valence-corrected chi connectivity index (χ2v) is 4.98. The number of terminal acetylenes is 1. The third-order valence-corrected chi connectivity index (χ3v) is 3.48. The van der Waals surface area contributed by atoms with Crippen LogP contribution in [0.5, 0.6) is 0 Å². The number of hydrogen-bond donors (Lipinski definition) is 0. The smallest absolute Gasteiger partial charge is 0.123 e. The van der Waals surface area contributed by atoms with Crippen LogP contribution in [0.15, 0.2) is 48.5 Å². The molecule has 0 saturated carbocycles. The number of hydrogen-bond acceptors (Lipinski definition) is 0. The Hall–Kier alpha value is -2.30. The van der Waals surface area contributed by atoms with E-state index in [9.17, 15) is 4.39 Å². The Labute approximate surface area is 122 Å². The Morgan fingerprint density at radius 2 is 1.80 bits per heavy atom. The molecular formula is C18H10ClF. The fourth-order valence-corrected chi connectivity index (χ4v) is 2.41. The summed E-state index contributed by atoms with van der Waals surface area (Å²) in [5.74, 6) is 2.32. The average Bonchev–Trinajstić information content (AvgIpc) is 2.78. The van der Waals surface area contributed by atoms with E-state index in [-0.39, 0.29) is 5.82 Å². The molecule has 2 aromatic rings. The van der Waals surface area contributed by atoms with Crippen LogP contribution in [0.3, 0.4) is 0 Å². The van der Waals surface area contributed by atoms with Gasteiger partial charge >= 0.3 is 0 Å².